The Bertz CT molecular complexity index is 477. The summed E-state index contributed by atoms with van der Waals surface area (Å²) in [7, 11) is 0. The van der Waals surface area contributed by atoms with Gasteiger partial charge in [-0.25, -0.2) is 9.97 Å². The zero-order chi connectivity index (χ0) is 14.1. The fourth-order valence-electron chi connectivity index (χ4n) is 3.41. The largest absolute Gasteiger partial charge is 0.392 e. The smallest absolute Gasteiger partial charge is 0.135 e. The maximum atomic E-state index is 9.56. The van der Waals surface area contributed by atoms with Gasteiger partial charge in [-0.15, -0.1) is 0 Å². The maximum absolute atomic E-state index is 9.56. The molecular formula is C15H24N4O. The molecule has 1 aliphatic carbocycles. The summed E-state index contributed by atoms with van der Waals surface area (Å²) in [5, 5.41) is 9.56. The monoisotopic (exact) mass is 276 g/mol. The molecule has 0 aromatic carbocycles. The predicted octanol–water partition coefficient (Wildman–Crippen LogP) is 0.857. The van der Waals surface area contributed by atoms with E-state index in [4.69, 9.17) is 0 Å². The average Bonchev–Trinajstić information content (AvgIpc) is 2.88. The summed E-state index contributed by atoms with van der Waals surface area (Å²) in [5.41, 5.74) is 2.61. The molecule has 1 fully saturated rings. The molecule has 3 rings (SSSR count). The molecule has 5 nitrogen and oxygen atoms in total. The Morgan fingerprint density at radius 3 is 2.95 bits per heavy atom. The van der Waals surface area contributed by atoms with Gasteiger partial charge < -0.3 is 10.0 Å². The molecule has 2 atom stereocenters. The Kier molecular flexibility index (Phi) is 3.89. The minimum Gasteiger partial charge on any atom is -0.392 e. The van der Waals surface area contributed by atoms with Crippen molar-refractivity contribution in [2.24, 2.45) is 0 Å². The van der Waals surface area contributed by atoms with Crippen molar-refractivity contribution in [3.05, 3.63) is 17.6 Å². The van der Waals surface area contributed by atoms with Gasteiger partial charge in [0.1, 0.15) is 12.1 Å². The molecule has 5 heteroatoms. The van der Waals surface area contributed by atoms with Crippen molar-refractivity contribution < 1.29 is 5.11 Å². The topological polar surface area (TPSA) is 52.5 Å². The summed E-state index contributed by atoms with van der Waals surface area (Å²) in [6, 6.07) is 0.449. The van der Waals surface area contributed by atoms with Crippen LogP contribution in [0.15, 0.2) is 6.33 Å². The summed E-state index contributed by atoms with van der Waals surface area (Å²) >= 11 is 0. The molecule has 1 aromatic heterocycles. The SMILES string of the molecule is C[C@H](O)CN1CCN(c2ncnc3c2CCC3)C[C@H]1C. The normalized spacial score (nSPS) is 24.8. The Balaban J connectivity index is 1.73. The van der Waals surface area contributed by atoms with Crippen LogP contribution in [0, 0.1) is 0 Å². The second-order valence-electron chi connectivity index (χ2n) is 6.12. The molecular weight excluding hydrogens is 252 g/mol. The van der Waals surface area contributed by atoms with Crippen LogP contribution in [-0.2, 0) is 12.8 Å². The molecule has 0 bridgehead atoms. The summed E-state index contributed by atoms with van der Waals surface area (Å²) in [4.78, 5) is 13.7. The molecule has 0 spiro atoms. The van der Waals surface area contributed by atoms with E-state index in [1.807, 2.05) is 6.92 Å². The lowest BCUT2D eigenvalue weighted by molar-refractivity contribution is 0.0958. The summed E-state index contributed by atoms with van der Waals surface area (Å²) in [5.74, 6) is 1.15. The summed E-state index contributed by atoms with van der Waals surface area (Å²) < 4.78 is 0. The first kappa shape index (κ1) is 13.8. The molecule has 0 unspecified atom stereocenters. The minimum atomic E-state index is -0.257. The van der Waals surface area contributed by atoms with Crippen LogP contribution in [-0.4, -0.2) is 58.3 Å². The van der Waals surface area contributed by atoms with Crippen LogP contribution in [0.4, 0.5) is 5.82 Å². The maximum Gasteiger partial charge on any atom is 0.135 e. The molecule has 1 saturated heterocycles. The Hall–Kier alpha value is -1.20. The second kappa shape index (κ2) is 5.66. The van der Waals surface area contributed by atoms with Gasteiger partial charge in [0.2, 0.25) is 0 Å². The predicted molar refractivity (Wildman–Crippen MR) is 79.0 cm³/mol. The fraction of sp³-hybridized carbons (Fsp3) is 0.733. The highest BCUT2D eigenvalue weighted by molar-refractivity contribution is 5.51. The van der Waals surface area contributed by atoms with Gasteiger partial charge in [0, 0.05) is 43.5 Å². The first-order valence-electron chi connectivity index (χ1n) is 7.65. The lowest BCUT2D eigenvalue weighted by atomic mass is 10.1. The van der Waals surface area contributed by atoms with Crippen LogP contribution in [0.2, 0.25) is 0 Å². The molecule has 1 aromatic rings. The highest BCUT2D eigenvalue weighted by atomic mass is 16.3. The van der Waals surface area contributed by atoms with E-state index >= 15 is 0 Å². The van der Waals surface area contributed by atoms with E-state index < -0.39 is 0 Å². The van der Waals surface area contributed by atoms with E-state index in [0.717, 1.165) is 44.8 Å². The van der Waals surface area contributed by atoms with Crippen LogP contribution < -0.4 is 4.90 Å². The number of fused-ring (bicyclic) bond motifs is 1. The van der Waals surface area contributed by atoms with Gasteiger partial charge in [0.15, 0.2) is 0 Å². The number of aliphatic hydroxyl groups excluding tert-OH is 1. The summed E-state index contributed by atoms with van der Waals surface area (Å²) in [6.45, 7) is 7.81. The zero-order valence-corrected chi connectivity index (χ0v) is 12.4. The number of nitrogens with zero attached hydrogens (tertiary/aromatic N) is 4. The second-order valence-corrected chi connectivity index (χ2v) is 6.12. The Morgan fingerprint density at radius 2 is 2.20 bits per heavy atom. The number of hydrogen-bond acceptors (Lipinski definition) is 5. The quantitative estimate of drug-likeness (QED) is 0.887. The molecule has 20 heavy (non-hydrogen) atoms. The van der Waals surface area contributed by atoms with E-state index in [-0.39, 0.29) is 6.10 Å². The van der Waals surface area contributed by atoms with Crippen molar-refractivity contribution in [3.63, 3.8) is 0 Å². The summed E-state index contributed by atoms with van der Waals surface area (Å²) in [6.07, 6.45) is 4.88. The van der Waals surface area contributed by atoms with Crippen LogP contribution in [0.5, 0.6) is 0 Å². The van der Waals surface area contributed by atoms with E-state index in [2.05, 4.69) is 26.7 Å². The van der Waals surface area contributed by atoms with Gasteiger partial charge in [-0.05, 0) is 33.1 Å². The molecule has 1 N–H and O–H groups in total. The van der Waals surface area contributed by atoms with Crippen molar-refractivity contribution in [3.8, 4) is 0 Å². The van der Waals surface area contributed by atoms with Gasteiger partial charge in [-0.3, -0.25) is 4.90 Å². The standard InChI is InChI=1S/C15H24N4O/c1-11-8-19(7-6-18(11)9-12(2)20)15-13-4-3-5-14(13)16-10-17-15/h10-12,20H,3-9H2,1-2H3/t11-,12+/m1/s1. The number of anilines is 1. The van der Waals surface area contributed by atoms with E-state index in [1.165, 1.54) is 17.7 Å². The molecule has 1 aliphatic heterocycles. The number of piperazine rings is 1. The van der Waals surface area contributed by atoms with Gasteiger partial charge in [-0.2, -0.15) is 0 Å². The molecule has 2 aliphatic rings. The molecule has 0 amide bonds. The van der Waals surface area contributed by atoms with Crippen molar-refractivity contribution in [1.82, 2.24) is 14.9 Å². The van der Waals surface area contributed by atoms with Crippen molar-refractivity contribution in [1.29, 1.82) is 0 Å². The Morgan fingerprint density at radius 1 is 1.35 bits per heavy atom. The number of β-amino-alcohol motifs (C(OH)–C–C–N with tert-alkyl or cyclic N) is 1. The Labute approximate surface area is 120 Å². The third-order valence-electron chi connectivity index (χ3n) is 4.42. The van der Waals surface area contributed by atoms with Crippen LogP contribution in [0.1, 0.15) is 31.5 Å². The van der Waals surface area contributed by atoms with Gasteiger partial charge >= 0.3 is 0 Å². The first-order chi connectivity index (χ1) is 9.65. The van der Waals surface area contributed by atoms with Crippen molar-refractivity contribution in [2.75, 3.05) is 31.1 Å². The highest BCUT2D eigenvalue weighted by Crippen LogP contribution is 2.29. The van der Waals surface area contributed by atoms with Crippen molar-refractivity contribution in [2.45, 2.75) is 45.3 Å². The van der Waals surface area contributed by atoms with Crippen LogP contribution in [0.3, 0.4) is 0 Å². The highest BCUT2D eigenvalue weighted by Gasteiger charge is 2.28. The van der Waals surface area contributed by atoms with Crippen LogP contribution in [0.25, 0.3) is 0 Å². The minimum absolute atomic E-state index is 0.257. The first-order valence-corrected chi connectivity index (χ1v) is 7.65. The van der Waals surface area contributed by atoms with E-state index in [1.54, 1.807) is 6.33 Å². The third kappa shape index (κ3) is 2.65. The number of aryl methyl sites for hydroxylation is 1. The number of aliphatic hydroxyl groups is 1. The van der Waals surface area contributed by atoms with Gasteiger partial charge in [0.25, 0.3) is 0 Å². The third-order valence-corrected chi connectivity index (χ3v) is 4.42. The number of hydrogen-bond donors (Lipinski definition) is 1. The van der Waals surface area contributed by atoms with Gasteiger partial charge in [-0.1, -0.05) is 0 Å². The van der Waals surface area contributed by atoms with Crippen molar-refractivity contribution >= 4 is 5.82 Å². The van der Waals surface area contributed by atoms with E-state index in [9.17, 15) is 5.11 Å². The average molecular weight is 276 g/mol. The zero-order valence-electron chi connectivity index (χ0n) is 12.4. The number of rotatable bonds is 3. The molecule has 0 saturated carbocycles. The van der Waals surface area contributed by atoms with Gasteiger partial charge in [0.05, 0.1) is 6.10 Å². The lowest BCUT2D eigenvalue weighted by Gasteiger charge is -2.41. The molecule has 2 heterocycles. The van der Waals surface area contributed by atoms with E-state index in [0.29, 0.717) is 6.04 Å². The molecule has 110 valence electrons. The number of aromatic nitrogens is 2. The van der Waals surface area contributed by atoms with Crippen LogP contribution >= 0.6 is 0 Å². The lowest BCUT2D eigenvalue weighted by Crippen LogP contribution is -2.54. The molecule has 0 radical (unpaired) electrons. The fourth-order valence-corrected chi connectivity index (χ4v) is 3.41.